The molecule has 82 valence electrons. The van der Waals surface area contributed by atoms with E-state index in [0.29, 0.717) is 16.9 Å². The first-order valence-electron chi connectivity index (χ1n) is 4.17. The summed E-state index contributed by atoms with van der Waals surface area (Å²) in [6, 6.07) is 4.69. The lowest BCUT2D eigenvalue weighted by Crippen LogP contribution is -2.08. The zero-order valence-corrected chi connectivity index (χ0v) is 9.34. The Hall–Kier alpha value is -1.44. The molecule has 0 amide bonds. The molecule has 15 heavy (non-hydrogen) atoms. The zero-order chi connectivity index (χ0) is 10.7. The van der Waals surface area contributed by atoms with Crippen LogP contribution in [0.15, 0.2) is 12.1 Å². The van der Waals surface area contributed by atoms with E-state index in [-0.39, 0.29) is 18.2 Å². The maximum atomic E-state index is 9.72. The van der Waals surface area contributed by atoms with Gasteiger partial charge < -0.3 is 15.6 Å². The van der Waals surface area contributed by atoms with Crippen molar-refractivity contribution in [1.82, 2.24) is 0 Å². The van der Waals surface area contributed by atoms with Crippen molar-refractivity contribution in [3.8, 4) is 17.6 Å². The summed E-state index contributed by atoms with van der Waals surface area (Å²) < 4.78 is 4.92. The van der Waals surface area contributed by atoms with Crippen molar-refractivity contribution >= 4 is 12.4 Å². The van der Waals surface area contributed by atoms with Crippen LogP contribution in [0.4, 0.5) is 0 Å². The molecule has 5 heteroatoms. The lowest BCUT2D eigenvalue weighted by atomic mass is 10.0. The van der Waals surface area contributed by atoms with Gasteiger partial charge in [-0.1, -0.05) is 0 Å². The summed E-state index contributed by atoms with van der Waals surface area (Å²) in [5, 5.41) is 18.5. The number of aromatic hydroxyl groups is 1. The molecule has 0 saturated heterocycles. The molecule has 1 atom stereocenters. The second kappa shape index (κ2) is 5.44. The van der Waals surface area contributed by atoms with E-state index in [2.05, 4.69) is 0 Å². The molecule has 4 nitrogen and oxygen atoms in total. The van der Waals surface area contributed by atoms with Gasteiger partial charge in [0.05, 0.1) is 18.7 Å². The van der Waals surface area contributed by atoms with Gasteiger partial charge in [0.25, 0.3) is 0 Å². The van der Waals surface area contributed by atoms with Gasteiger partial charge in [-0.3, -0.25) is 0 Å². The molecular formula is C10H13ClN2O2. The molecule has 0 unspecified atom stereocenters. The van der Waals surface area contributed by atoms with Gasteiger partial charge in [0.2, 0.25) is 0 Å². The van der Waals surface area contributed by atoms with Crippen LogP contribution in [0.25, 0.3) is 0 Å². The standard InChI is InChI=1S/C10H12N2O2.ClH/c1-6(12)9-7(5-11)3-4-8(14-2)10(9)13;/h3-4,6,13H,12H2,1-2H3;1H/t6-;/m0./s1. The fraction of sp³-hybridized carbons (Fsp3) is 0.300. The quantitative estimate of drug-likeness (QED) is 0.808. The van der Waals surface area contributed by atoms with Crippen LogP contribution >= 0.6 is 12.4 Å². The van der Waals surface area contributed by atoms with Crippen LogP contribution in [0, 0.1) is 11.3 Å². The molecule has 0 aromatic heterocycles. The van der Waals surface area contributed by atoms with E-state index in [4.69, 9.17) is 15.7 Å². The van der Waals surface area contributed by atoms with E-state index >= 15 is 0 Å². The fourth-order valence-corrected chi connectivity index (χ4v) is 1.31. The summed E-state index contributed by atoms with van der Waals surface area (Å²) in [4.78, 5) is 0. The second-order valence-electron chi connectivity index (χ2n) is 2.98. The Balaban J connectivity index is 0.00000196. The van der Waals surface area contributed by atoms with Crippen molar-refractivity contribution < 1.29 is 9.84 Å². The van der Waals surface area contributed by atoms with Gasteiger partial charge in [0, 0.05) is 11.6 Å². The molecule has 1 aromatic carbocycles. The van der Waals surface area contributed by atoms with Gasteiger partial charge in [-0.15, -0.1) is 12.4 Å². The van der Waals surface area contributed by atoms with E-state index in [1.165, 1.54) is 7.11 Å². The largest absolute Gasteiger partial charge is 0.504 e. The predicted molar refractivity (Wildman–Crippen MR) is 59.2 cm³/mol. The molecule has 0 aliphatic rings. The number of phenols is 1. The number of methoxy groups -OCH3 is 1. The molecule has 0 radical (unpaired) electrons. The molecule has 0 heterocycles. The van der Waals surface area contributed by atoms with Crippen LogP contribution in [-0.4, -0.2) is 12.2 Å². The van der Waals surface area contributed by atoms with Crippen LogP contribution < -0.4 is 10.5 Å². The Bertz CT molecular complexity index is 386. The number of phenolic OH excluding ortho intramolecular Hbond substituents is 1. The first kappa shape index (κ1) is 13.6. The van der Waals surface area contributed by atoms with Gasteiger partial charge in [-0.05, 0) is 19.1 Å². The Labute approximate surface area is 94.7 Å². The van der Waals surface area contributed by atoms with Gasteiger partial charge in [0.15, 0.2) is 11.5 Å². The lowest BCUT2D eigenvalue weighted by Gasteiger charge is -2.12. The first-order valence-corrected chi connectivity index (χ1v) is 4.17. The maximum absolute atomic E-state index is 9.72. The minimum atomic E-state index is -0.403. The van der Waals surface area contributed by atoms with Crippen LogP contribution in [0.2, 0.25) is 0 Å². The smallest absolute Gasteiger partial charge is 0.163 e. The molecule has 0 fully saturated rings. The predicted octanol–water partition coefficient (Wildman–Crippen LogP) is 1.71. The van der Waals surface area contributed by atoms with E-state index < -0.39 is 6.04 Å². The van der Waals surface area contributed by atoms with Crippen LogP contribution in [-0.2, 0) is 0 Å². The highest BCUT2D eigenvalue weighted by Gasteiger charge is 2.15. The number of halogens is 1. The summed E-state index contributed by atoms with van der Waals surface area (Å²) in [5.74, 6) is 0.276. The molecule has 0 spiro atoms. The molecule has 1 aromatic rings. The topological polar surface area (TPSA) is 79.3 Å². The average Bonchev–Trinajstić information content (AvgIpc) is 2.16. The normalized spacial score (nSPS) is 11.1. The highest BCUT2D eigenvalue weighted by atomic mass is 35.5. The molecule has 0 aliphatic heterocycles. The molecule has 1 rings (SSSR count). The van der Waals surface area contributed by atoms with Crippen molar-refractivity contribution in [3.05, 3.63) is 23.3 Å². The number of nitrogens with two attached hydrogens (primary N) is 1. The number of nitrogens with zero attached hydrogens (tertiary/aromatic N) is 1. The van der Waals surface area contributed by atoms with Gasteiger partial charge in [0.1, 0.15) is 0 Å². The molecule has 0 aliphatic carbocycles. The third kappa shape index (κ3) is 2.52. The minimum absolute atomic E-state index is 0. The Kier molecular flexibility index (Phi) is 4.92. The van der Waals surface area contributed by atoms with Crippen molar-refractivity contribution in [1.29, 1.82) is 5.26 Å². The third-order valence-corrected chi connectivity index (χ3v) is 1.98. The fourth-order valence-electron chi connectivity index (χ4n) is 1.31. The van der Waals surface area contributed by atoms with Crippen LogP contribution in [0.3, 0.4) is 0 Å². The van der Waals surface area contributed by atoms with Crippen molar-refractivity contribution in [2.45, 2.75) is 13.0 Å². The molecule has 3 N–H and O–H groups in total. The highest BCUT2D eigenvalue weighted by molar-refractivity contribution is 5.85. The minimum Gasteiger partial charge on any atom is -0.504 e. The maximum Gasteiger partial charge on any atom is 0.163 e. The van der Waals surface area contributed by atoms with E-state index in [9.17, 15) is 5.11 Å². The number of nitriles is 1. The van der Waals surface area contributed by atoms with Gasteiger partial charge in [-0.25, -0.2) is 0 Å². The third-order valence-electron chi connectivity index (χ3n) is 1.98. The summed E-state index contributed by atoms with van der Waals surface area (Å²) in [6.45, 7) is 1.70. The zero-order valence-electron chi connectivity index (χ0n) is 8.52. The Morgan fingerprint density at radius 2 is 2.13 bits per heavy atom. The van der Waals surface area contributed by atoms with Crippen LogP contribution in [0.5, 0.6) is 11.5 Å². The second-order valence-corrected chi connectivity index (χ2v) is 2.98. The summed E-state index contributed by atoms with van der Waals surface area (Å²) in [7, 11) is 1.45. The lowest BCUT2D eigenvalue weighted by molar-refractivity contribution is 0.369. The molecular weight excluding hydrogens is 216 g/mol. The van der Waals surface area contributed by atoms with Crippen molar-refractivity contribution in [2.75, 3.05) is 7.11 Å². The SMILES string of the molecule is COc1ccc(C#N)c([C@H](C)N)c1O.Cl. The average molecular weight is 229 g/mol. The summed E-state index contributed by atoms with van der Waals surface area (Å²) in [5.41, 5.74) is 6.44. The molecule has 0 saturated carbocycles. The number of ether oxygens (including phenoxy) is 1. The number of hydrogen-bond acceptors (Lipinski definition) is 4. The monoisotopic (exact) mass is 228 g/mol. The van der Waals surface area contributed by atoms with E-state index in [1.54, 1.807) is 19.1 Å². The van der Waals surface area contributed by atoms with E-state index in [1.807, 2.05) is 6.07 Å². The van der Waals surface area contributed by atoms with Gasteiger partial charge in [-0.2, -0.15) is 5.26 Å². The van der Waals surface area contributed by atoms with Crippen LogP contribution in [0.1, 0.15) is 24.1 Å². The van der Waals surface area contributed by atoms with Crippen molar-refractivity contribution in [2.24, 2.45) is 5.73 Å². The van der Waals surface area contributed by atoms with Crippen molar-refractivity contribution in [3.63, 3.8) is 0 Å². The first-order chi connectivity index (χ1) is 6.61. The Morgan fingerprint density at radius 3 is 2.53 bits per heavy atom. The Morgan fingerprint density at radius 1 is 1.53 bits per heavy atom. The molecule has 0 bridgehead atoms. The summed E-state index contributed by atoms with van der Waals surface area (Å²) in [6.07, 6.45) is 0. The number of benzene rings is 1. The van der Waals surface area contributed by atoms with E-state index in [0.717, 1.165) is 0 Å². The number of hydrogen-bond donors (Lipinski definition) is 2. The summed E-state index contributed by atoms with van der Waals surface area (Å²) >= 11 is 0. The number of rotatable bonds is 2. The van der Waals surface area contributed by atoms with Gasteiger partial charge >= 0.3 is 0 Å². The highest BCUT2D eigenvalue weighted by Crippen LogP contribution is 2.35.